The van der Waals surface area contributed by atoms with Gasteiger partial charge in [-0.25, -0.2) is 0 Å². The number of aromatic nitrogens is 1. The van der Waals surface area contributed by atoms with Gasteiger partial charge in [-0.3, -0.25) is 0 Å². The minimum Gasteiger partial charge on any atom is -0.399 e. The van der Waals surface area contributed by atoms with Gasteiger partial charge in [0.05, 0.1) is 11.2 Å². The molecule has 3 aromatic rings. The van der Waals surface area contributed by atoms with E-state index in [-0.39, 0.29) is 18.3 Å². The van der Waals surface area contributed by atoms with Gasteiger partial charge in [0.2, 0.25) is 0 Å². The number of hydrogen-bond acceptors (Lipinski definition) is 2. The van der Waals surface area contributed by atoms with Gasteiger partial charge in [0, 0.05) is 23.2 Å². The molecule has 1 aromatic heterocycles. The Hall–Kier alpha value is -2.04. The molecule has 0 radical (unpaired) electrons. The van der Waals surface area contributed by atoms with Crippen LogP contribution in [-0.2, 0) is 15.9 Å². The van der Waals surface area contributed by atoms with Gasteiger partial charge in [-0.05, 0) is 51.6 Å². The lowest BCUT2D eigenvalue weighted by Crippen LogP contribution is -2.41. The van der Waals surface area contributed by atoms with Crippen molar-refractivity contribution in [1.29, 1.82) is 0 Å². The van der Waals surface area contributed by atoms with E-state index in [9.17, 15) is 0 Å². The zero-order valence-corrected chi connectivity index (χ0v) is 16.2. The van der Waals surface area contributed by atoms with Gasteiger partial charge >= 0.3 is 7.12 Å². The molecule has 4 rings (SSSR count). The van der Waals surface area contributed by atoms with Crippen molar-refractivity contribution in [2.24, 2.45) is 0 Å². The van der Waals surface area contributed by atoms with Gasteiger partial charge in [0.1, 0.15) is 0 Å². The third-order valence-corrected chi connectivity index (χ3v) is 5.95. The zero-order chi connectivity index (χ0) is 18.5. The van der Waals surface area contributed by atoms with E-state index in [1.54, 1.807) is 0 Å². The topological polar surface area (TPSA) is 23.4 Å². The van der Waals surface area contributed by atoms with Crippen molar-refractivity contribution in [2.75, 3.05) is 0 Å². The van der Waals surface area contributed by atoms with E-state index in [1.807, 2.05) is 0 Å². The Labute approximate surface area is 156 Å². The van der Waals surface area contributed by atoms with Gasteiger partial charge in [-0.1, -0.05) is 48.5 Å². The molecule has 0 bridgehead atoms. The quantitative estimate of drug-likeness (QED) is 0.660. The summed E-state index contributed by atoms with van der Waals surface area (Å²) in [6, 6.07) is 19.1. The largest absolute Gasteiger partial charge is 0.497 e. The number of hydrogen-bond donors (Lipinski definition) is 0. The molecule has 1 aliphatic rings. The van der Waals surface area contributed by atoms with Crippen molar-refractivity contribution in [3.63, 3.8) is 0 Å². The smallest absolute Gasteiger partial charge is 0.399 e. The molecule has 2 heterocycles. The summed E-state index contributed by atoms with van der Waals surface area (Å²) in [7, 11) is -0.345. The van der Waals surface area contributed by atoms with Crippen LogP contribution in [0.4, 0.5) is 0 Å². The first-order valence-corrected chi connectivity index (χ1v) is 9.27. The lowest BCUT2D eigenvalue weighted by molar-refractivity contribution is 0.00578. The SMILES string of the molecule is Cc1c(B2OC(C)(C)C(C)(C)O2)c2ccccc2n1Cc1ccccc1. The highest BCUT2D eigenvalue weighted by Gasteiger charge is 2.52. The highest BCUT2D eigenvalue weighted by Crippen LogP contribution is 2.37. The van der Waals surface area contributed by atoms with Crippen LogP contribution >= 0.6 is 0 Å². The molecule has 4 heteroatoms. The predicted octanol–water partition coefficient (Wildman–Crippen LogP) is 4.30. The Morgan fingerprint density at radius 3 is 2.08 bits per heavy atom. The van der Waals surface area contributed by atoms with E-state index in [0.717, 1.165) is 12.0 Å². The average molecular weight is 347 g/mol. The lowest BCUT2D eigenvalue weighted by Gasteiger charge is -2.32. The fraction of sp³-hybridized carbons (Fsp3) is 0.364. The normalized spacial score (nSPS) is 18.6. The molecule has 0 aliphatic carbocycles. The Balaban J connectivity index is 1.83. The summed E-state index contributed by atoms with van der Waals surface area (Å²) in [5.41, 5.74) is 4.18. The summed E-state index contributed by atoms with van der Waals surface area (Å²) < 4.78 is 15.1. The highest BCUT2D eigenvalue weighted by molar-refractivity contribution is 6.65. The first-order valence-electron chi connectivity index (χ1n) is 9.27. The van der Waals surface area contributed by atoms with E-state index < -0.39 is 0 Å². The number of para-hydroxylation sites is 1. The van der Waals surface area contributed by atoms with Crippen molar-refractivity contribution in [3.8, 4) is 0 Å². The fourth-order valence-corrected chi connectivity index (χ4v) is 3.69. The maximum Gasteiger partial charge on any atom is 0.497 e. The summed E-state index contributed by atoms with van der Waals surface area (Å²) in [5, 5.41) is 1.21. The van der Waals surface area contributed by atoms with Crippen LogP contribution in [0.3, 0.4) is 0 Å². The van der Waals surface area contributed by atoms with Gasteiger partial charge in [-0.15, -0.1) is 0 Å². The summed E-state index contributed by atoms with van der Waals surface area (Å²) in [6.45, 7) is 11.4. The Morgan fingerprint density at radius 1 is 0.846 bits per heavy atom. The first-order chi connectivity index (χ1) is 12.3. The van der Waals surface area contributed by atoms with Gasteiger partial charge in [0.15, 0.2) is 0 Å². The third kappa shape index (κ3) is 2.68. The maximum absolute atomic E-state index is 6.37. The van der Waals surface area contributed by atoms with Crippen molar-refractivity contribution in [2.45, 2.75) is 52.4 Å². The van der Waals surface area contributed by atoms with Crippen molar-refractivity contribution in [3.05, 3.63) is 65.9 Å². The molecular weight excluding hydrogens is 321 g/mol. The molecule has 1 saturated heterocycles. The predicted molar refractivity (Wildman–Crippen MR) is 108 cm³/mol. The minimum atomic E-state index is -0.345. The summed E-state index contributed by atoms with van der Waals surface area (Å²) in [4.78, 5) is 0. The Morgan fingerprint density at radius 2 is 1.42 bits per heavy atom. The molecule has 0 amide bonds. The van der Waals surface area contributed by atoms with Crippen molar-refractivity contribution in [1.82, 2.24) is 4.57 Å². The fourth-order valence-electron chi connectivity index (χ4n) is 3.69. The van der Waals surface area contributed by atoms with Crippen LogP contribution in [0.5, 0.6) is 0 Å². The van der Waals surface area contributed by atoms with Gasteiger partial charge in [-0.2, -0.15) is 0 Å². The van der Waals surface area contributed by atoms with Gasteiger partial charge < -0.3 is 13.9 Å². The second kappa shape index (κ2) is 6.00. The molecule has 3 nitrogen and oxygen atoms in total. The van der Waals surface area contributed by atoms with E-state index in [2.05, 4.69) is 93.8 Å². The molecule has 0 unspecified atom stereocenters. The standard InChI is InChI=1S/C22H26BNO2/c1-16-20(23-25-21(2,3)22(4,5)26-23)18-13-9-10-14-19(18)24(16)15-17-11-7-6-8-12-17/h6-14H,15H2,1-5H3. The number of fused-ring (bicyclic) bond motifs is 1. The van der Waals surface area contributed by atoms with Crippen LogP contribution in [-0.4, -0.2) is 22.9 Å². The van der Waals surface area contributed by atoms with Crippen LogP contribution in [0.25, 0.3) is 10.9 Å². The van der Waals surface area contributed by atoms with Crippen LogP contribution in [0.2, 0.25) is 0 Å². The first kappa shape index (κ1) is 17.4. The Kier molecular flexibility index (Phi) is 4.01. The second-order valence-electron chi connectivity index (χ2n) is 8.18. The molecule has 1 fully saturated rings. The maximum atomic E-state index is 6.37. The monoisotopic (exact) mass is 347 g/mol. The lowest BCUT2D eigenvalue weighted by atomic mass is 9.77. The van der Waals surface area contributed by atoms with E-state index >= 15 is 0 Å². The second-order valence-corrected chi connectivity index (χ2v) is 8.18. The molecular formula is C22H26BNO2. The van der Waals surface area contributed by atoms with Crippen LogP contribution in [0.1, 0.15) is 39.0 Å². The molecule has 2 aromatic carbocycles. The Bertz CT molecular complexity index is 927. The van der Waals surface area contributed by atoms with E-state index in [0.29, 0.717) is 0 Å². The number of rotatable bonds is 3. The van der Waals surface area contributed by atoms with E-state index in [4.69, 9.17) is 9.31 Å². The summed E-state index contributed by atoms with van der Waals surface area (Å²) in [6.07, 6.45) is 0. The number of nitrogens with zero attached hydrogens (tertiary/aromatic N) is 1. The summed E-state index contributed by atoms with van der Waals surface area (Å²) in [5.74, 6) is 0. The highest BCUT2D eigenvalue weighted by atomic mass is 16.7. The van der Waals surface area contributed by atoms with Crippen LogP contribution in [0, 0.1) is 6.92 Å². The molecule has 0 spiro atoms. The minimum absolute atomic E-state index is 0.341. The molecule has 0 saturated carbocycles. The molecule has 1 aliphatic heterocycles. The van der Waals surface area contributed by atoms with Crippen molar-refractivity contribution < 1.29 is 9.31 Å². The van der Waals surface area contributed by atoms with E-state index in [1.165, 1.54) is 22.2 Å². The molecule has 0 atom stereocenters. The van der Waals surface area contributed by atoms with Gasteiger partial charge in [0.25, 0.3) is 0 Å². The van der Waals surface area contributed by atoms with Crippen LogP contribution in [0.15, 0.2) is 54.6 Å². The molecule has 26 heavy (non-hydrogen) atoms. The zero-order valence-electron chi connectivity index (χ0n) is 16.2. The molecule has 134 valence electrons. The van der Waals surface area contributed by atoms with Crippen molar-refractivity contribution >= 4 is 23.5 Å². The average Bonchev–Trinajstić information content (AvgIpc) is 2.98. The molecule has 0 N–H and O–H groups in total. The summed E-state index contributed by atoms with van der Waals surface area (Å²) >= 11 is 0. The third-order valence-electron chi connectivity index (χ3n) is 5.95. The van der Waals surface area contributed by atoms with Crippen LogP contribution < -0.4 is 5.46 Å². The number of benzene rings is 2.